The van der Waals surface area contributed by atoms with Crippen molar-refractivity contribution < 1.29 is 14.3 Å². The lowest BCUT2D eigenvalue weighted by molar-refractivity contribution is -0.133. The summed E-state index contributed by atoms with van der Waals surface area (Å²) in [4.78, 5) is 26.8. The van der Waals surface area contributed by atoms with Crippen LogP contribution in [-0.2, 0) is 9.53 Å². The molecule has 1 aliphatic heterocycles. The first-order chi connectivity index (χ1) is 8.54. The van der Waals surface area contributed by atoms with Crippen molar-refractivity contribution in [3.63, 3.8) is 0 Å². The van der Waals surface area contributed by atoms with Crippen LogP contribution < -0.4 is 0 Å². The van der Waals surface area contributed by atoms with Gasteiger partial charge in [-0.05, 0) is 5.92 Å². The van der Waals surface area contributed by atoms with E-state index in [4.69, 9.17) is 4.74 Å². The standard InChI is InChI=1S/C13H22N2O3/c1-4-9-18-13(17)15-7-5-14(6-8-15)12(16)10-11(2)3/h4,11H,1,5-10H2,2-3H3. The van der Waals surface area contributed by atoms with Gasteiger partial charge in [0.2, 0.25) is 5.91 Å². The Bertz CT molecular complexity index is 307. The van der Waals surface area contributed by atoms with E-state index in [2.05, 4.69) is 6.58 Å². The van der Waals surface area contributed by atoms with E-state index in [1.54, 1.807) is 11.0 Å². The van der Waals surface area contributed by atoms with Crippen molar-refractivity contribution in [1.29, 1.82) is 0 Å². The first kappa shape index (κ1) is 14.5. The van der Waals surface area contributed by atoms with Gasteiger partial charge in [0.25, 0.3) is 0 Å². The second-order valence-corrected chi connectivity index (χ2v) is 4.83. The molecule has 0 aliphatic carbocycles. The highest BCUT2D eigenvalue weighted by Gasteiger charge is 2.24. The van der Waals surface area contributed by atoms with Gasteiger partial charge in [-0.25, -0.2) is 4.79 Å². The molecule has 1 fully saturated rings. The van der Waals surface area contributed by atoms with Gasteiger partial charge in [0.05, 0.1) is 0 Å². The molecule has 1 aliphatic rings. The molecule has 1 heterocycles. The third-order valence-electron chi connectivity index (χ3n) is 2.80. The molecule has 5 heteroatoms. The Kier molecular flexibility index (Phi) is 5.68. The maximum Gasteiger partial charge on any atom is 0.410 e. The van der Waals surface area contributed by atoms with E-state index in [1.165, 1.54) is 0 Å². The van der Waals surface area contributed by atoms with Gasteiger partial charge in [0.1, 0.15) is 6.61 Å². The Morgan fingerprint density at radius 1 is 1.22 bits per heavy atom. The number of rotatable bonds is 4. The predicted octanol–water partition coefficient (Wildman–Crippen LogP) is 1.50. The number of carbonyl (C=O) groups excluding carboxylic acids is 2. The number of carbonyl (C=O) groups is 2. The Hall–Kier alpha value is -1.52. The fourth-order valence-corrected chi connectivity index (χ4v) is 1.84. The van der Waals surface area contributed by atoms with Gasteiger partial charge >= 0.3 is 6.09 Å². The minimum Gasteiger partial charge on any atom is -0.445 e. The Labute approximate surface area is 108 Å². The molecule has 0 unspecified atom stereocenters. The van der Waals surface area contributed by atoms with Gasteiger partial charge in [-0.15, -0.1) is 0 Å². The van der Waals surface area contributed by atoms with Gasteiger partial charge in [-0.3, -0.25) is 4.79 Å². The van der Waals surface area contributed by atoms with Crippen LogP contribution in [0.4, 0.5) is 4.79 Å². The lowest BCUT2D eigenvalue weighted by Gasteiger charge is -2.34. The van der Waals surface area contributed by atoms with Crippen molar-refractivity contribution in [1.82, 2.24) is 9.80 Å². The second kappa shape index (κ2) is 7.03. The molecular weight excluding hydrogens is 232 g/mol. The number of nitrogens with zero attached hydrogens (tertiary/aromatic N) is 2. The van der Waals surface area contributed by atoms with E-state index >= 15 is 0 Å². The van der Waals surface area contributed by atoms with Crippen molar-refractivity contribution >= 4 is 12.0 Å². The van der Waals surface area contributed by atoms with Crippen LogP contribution in [0.25, 0.3) is 0 Å². The molecule has 0 N–H and O–H groups in total. The molecule has 102 valence electrons. The number of ether oxygens (including phenoxy) is 1. The van der Waals surface area contributed by atoms with Crippen LogP contribution >= 0.6 is 0 Å². The molecule has 0 bridgehead atoms. The summed E-state index contributed by atoms with van der Waals surface area (Å²) in [7, 11) is 0. The molecule has 5 nitrogen and oxygen atoms in total. The van der Waals surface area contributed by atoms with E-state index in [0.717, 1.165) is 0 Å². The molecule has 0 saturated carbocycles. The zero-order valence-electron chi connectivity index (χ0n) is 11.2. The molecule has 0 atom stereocenters. The normalized spacial score (nSPS) is 15.7. The van der Waals surface area contributed by atoms with Gasteiger partial charge in [0.15, 0.2) is 0 Å². The van der Waals surface area contributed by atoms with E-state index in [9.17, 15) is 9.59 Å². The van der Waals surface area contributed by atoms with E-state index in [-0.39, 0.29) is 18.6 Å². The highest BCUT2D eigenvalue weighted by Crippen LogP contribution is 2.09. The van der Waals surface area contributed by atoms with Crippen molar-refractivity contribution in [3.8, 4) is 0 Å². The topological polar surface area (TPSA) is 49.9 Å². The molecule has 0 aromatic rings. The first-order valence-electron chi connectivity index (χ1n) is 6.35. The first-order valence-corrected chi connectivity index (χ1v) is 6.35. The molecule has 1 rings (SSSR count). The fraction of sp³-hybridized carbons (Fsp3) is 0.692. The van der Waals surface area contributed by atoms with Crippen molar-refractivity contribution in [3.05, 3.63) is 12.7 Å². The van der Waals surface area contributed by atoms with Gasteiger partial charge in [-0.2, -0.15) is 0 Å². The summed E-state index contributed by atoms with van der Waals surface area (Å²) in [6, 6.07) is 0. The smallest absolute Gasteiger partial charge is 0.410 e. The van der Waals surface area contributed by atoms with Crippen LogP contribution in [0.5, 0.6) is 0 Å². The summed E-state index contributed by atoms with van der Waals surface area (Å²) in [6.07, 6.45) is 1.78. The van der Waals surface area contributed by atoms with Crippen LogP contribution in [0.1, 0.15) is 20.3 Å². The molecule has 0 radical (unpaired) electrons. The van der Waals surface area contributed by atoms with E-state index in [1.807, 2.05) is 18.7 Å². The molecule has 0 aromatic heterocycles. The zero-order chi connectivity index (χ0) is 13.5. The van der Waals surface area contributed by atoms with Gasteiger partial charge in [-0.1, -0.05) is 26.5 Å². The number of hydrogen-bond acceptors (Lipinski definition) is 3. The summed E-state index contributed by atoms with van der Waals surface area (Å²) in [5, 5.41) is 0. The number of amides is 2. The van der Waals surface area contributed by atoms with Crippen LogP contribution in [0.3, 0.4) is 0 Å². The Balaban J connectivity index is 2.34. The molecule has 0 spiro atoms. The third kappa shape index (κ3) is 4.39. The summed E-state index contributed by atoms with van der Waals surface area (Å²) >= 11 is 0. The summed E-state index contributed by atoms with van der Waals surface area (Å²) < 4.78 is 4.96. The summed E-state index contributed by atoms with van der Waals surface area (Å²) in [6.45, 7) is 10.0. The largest absolute Gasteiger partial charge is 0.445 e. The molecule has 18 heavy (non-hydrogen) atoms. The second-order valence-electron chi connectivity index (χ2n) is 4.83. The lowest BCUT2D eigenvalue weighted by atomic mass is 10.1. The zero-order valence-corrected chi connectivity index (χ0v) is 11.2. The maximum atomic E-state index is 11.8. The quantitative estimate of drug-likeness (QED) is 0.714. The Morgan fingerprint density at radius 2 is 1.78 bits per heavy atom. The fourth-order valence-electron chi connectivity index (χ4n) is 1.84. The van der Waals surface area contributed by atoms with E-state index < -0.39 is 0 Å². The van der Waals surface area contributed by atoms with Crippen LogP contribution in [0, 0.1) is 5.92 Å². The van der Waals surface area contributed by atoms with Crippen LogP contribution in [0.15, 0.2) is 12.7 Å². The Morgan fingerprint density at radius 3 is 2.28 bits per heavy atom. The van der Waals surface area contributed by atoms with E-state index in [0.29, 0.717) is 38.5 Å². The summed E-state index contributed by atoms with van der Waals surface area (Å²) in [5.74, 6) is 0.539. The minimum absolute atomic E-state index is 0.170. The minimum atomic E-state index is -0.328. The predicted molar refractivity (Wildman–Crippen MR) is 69.2 cm³/mol. The molecule has 0 aromatic carbocycles. The molecular formula is C13H22N2O3. The number of hydrogen-bond donors (Lipinski definition) is 0. The third-order valence-corrected chi connectivity index (χ3v) is 2.80. The highest BCUT2D eigenvalue weighted by molar-refractivity contribution is 5.77. The molecule has 2 amide bonds. The number of piperazine rings is 1. The average molecular weight is 254 g/mol. The monoisotopic (exact) mass is 254 g/mol. The van der Waals surface area contributed by atoms with Crippen molar-refractivity contribution in [2.24, 2.45) is 5.92 Å². The van der Waals surface area contributed by atoms with Crippen molar-refractivity contribution in [2.75, 3.05) is 32.8 Å². The van der Waals surface area contributed by atoms with Crippen LogP contribution in [-0.4, -0.2) is 54.6 Å². The average Bonchev–Trinajstić information content (AvgIpc) is 2.35. The van der Waals surface area contributed by atoms with Crippen molar-refractivity contribution in [2.45, 2.75) is 20.3 Å². The molecule has 1 saturated heterocycles. The van der Waals surface area contributed by atoms with Gasteiger partial charge < -0.3 is 14.5 Å². The highest BCUT2D eigenvalue weighted by atomic mass is 16.6. The van der Waals surface area contributed by atoms with Gasteiger partial charge in [0, 0.05) is 32.6 Å². The maximum absolute atomic E-state index is 11.8. The SMILES string of the molecule is C=CCOC(=O)N1CCN(C(=O)CC(C)C)CC1. The summed E-state index contributed by atoms with van der Waals surface area (Å²) in [5.41, 5.74) is 0. The van der Waals surface area contributed by atoms with Crippen LogP contribution in [0.2, 0.25) is 0 Å². The lowest BCUT2D eigenvalue weighted by Crippen LogP contribution is -2.50.